The number of nitrogens with one attached hydrogen (secondary N) is 1. The van der Waals surface area contributed by atoms with E-state index in [-0.39, 0.29) is 11.3 Å². The molecule has 0 heterocycles. The van der Waals surface area contributed by atoms with Gasteiger partial charge in [0.25, 0.3) is 0 Å². The van der Waals surface area contributed by atoms with Crippen LogP contribution in [0, 0.1) is 0 Å². The SMILES string of the molecule is CC(N)C(=O)Nc1ccccc1C(C)(C)C. The molecular weight excluding hydrogens is 200 g/mol. The fourth-order valence-electron chi connectivity index (χ4n) is 1.49. The van der Waals surface area contributed by atoms with Crippen molar-refractivity contribution in [2.45, 2.75) is 39.2 Å². The van der Waals surface area contributed by atoms with Crippen LogP contribution < -0.4 is 11.1 Å². The van der Waals surface area contributed by atoms with Crippen LogP contribution in [0.1, 0.15) is 33.3 Å². The van der Waals surface area contributed by atoms with Crippen molar-refractivity contribution in [3.05, 3.63) is 29.8 Å². The minimum Gasteiger partial charge on any atom is -0.324 e. The lowest BCUT2D eigenvalue weighted by molar-refractivity contribution is -0.117. The van der Waals surface area contributed by atoms with E-state index >= 15 is 0 Å². The van der Waals surface area contributed by atoms with E-state index in [9.17, 15) is 4.79 Å². The first-order valence-electron chi connectivity index (χ1n) is 5.48. The molecule has 3 N–H and O–H groups in total. The standard InChI is InChI=1S/C13H20N2O/c1-9(14)12(16)15-11-8-6-5-7-10(11)13(2,3)4/h5-9H,14H2,1-4H3,(H,15,16). The molecule has 3 nitrogen and oxygen atoms in total. The lowest BCUT2D eigenvalue weighted by Gasteiger charge is -2.23. The first-order valence-corrected chi connectivity index (χ1v) is 5.48. The monoisotopic (exact) mass is 220 g/mol. The molecule has 88 valence electrons. The van der Waals surface area contributed by atoms with Gasteiger partial charge >= 0.3 is 0 Å². The molecule has 0 aliphatic carbocycles. The van der Waals surface area contributed by atoms with E-state index in [0.717, 1.165) is 11.3 Å². The molecular formula is C13H20N2O. The van der Waals surface area contributed by atoms with E-state index in [4.69, 9.17) is 5.73 Å². The lowest BCUT2D eigenvalue weighted by Crippen LogP contribution is -2.33. The molecule has 1 unspecified atom stereocenters. The van der Waals surface area contributed by atoms with Crippen LogP contribution >= 0.6 is 0 Å². The zero-order valence-corrected chi connectivity index (χ0v) is 10.4. The molecule has 0 aliphatic heterocycles. The van der Waals surface area contributed by atoms with Crippen molar-refractivity contribution in [2.75, 3.05) is 5.32 Å². The molecule has 0 radical (unpaired) electrons. The minimum atomic E-state index is -0.493. The summed E-state index contributed by atoms with van der Waals surface area (Å²) in [5, 5.41) is 2.85. The molecule has 3 heteroatoms. The van der Waals surface area contributed by atoms with Crippen molar-refractivity contribution in [3.63, 3.8) is 0 Å². The number of anilines is 1. The third kappa shape index (κ3) is 3.07. The smallest absolute Gasteiger partial charge is 0.241 e. The van der Waals surface area contributed by atoms with Gasteiger partial charge in [-0.25, -0.2) is 0 Å². The summed E-state index contributed by atoms with van der Waals surface area (Å²) in [5.74, 6) is -0.156. The van der Waals surface area contributed by atoms with Gasteiger partial charge < -0.3 is 11.1 Å². The molecule has 1 aromatic carbocycles. The Hall–Kier alpha value is -1.35. The highest BCUT2D eigenvalue weighted by Gasteiger charge is 2.19. The van der Waals surface area contributed by atoms with Gasteiger partial charge in [0.1, 0.15) is 0 Å². The van der Waals surface area contributed by atoms with Gasteiger partial charge in [0.05, 0.1) is 6.04 Å². The maximum absolute atomic E-state index is 11.6. The van der Waals surface area contributed by atoms with Gasteiger partial charge in [-0.15, -0.1) is 0 Å². The van der Waals surface area contributed by atoms with E-state index in [1.807, 2.05) is 24.3 Å². The number of nitrogens with two attached hydrogens (primary N) is 1. The number of rotatable bonds is 2. The second-order valence-electron chi connectivity index (χ2n) is 5.07. The van der Waals surface area contributed by atoms with Gasteiger partial charge in [0.2, 0.25) is 5.91 Å². The molecule has 1 atom stereocenters. The Bertz CT molecular complexity index is 378. The lowest BCUT2D eigenvalue weighted by atomic mass is 9.86. The number of carbonyl (C=O) groups excluding carboxylic acids is 1. The number of benzene rings is 1. The molecule has 1 amide bonds. The Labute approximate surface area is 97.0 Å². The number of hydrogen-bond acceptors (Lipinski definition) is 2. The van der Waals surface area contributed by atoms with Gasteiger partial charge in [0, 0.05) is 5.69 Å². The third-order valence-corrected chi connectivity index (χ3v) is 2.41. The summed E-state index contributed by atoms with van der Waals surface area (Å²) < 4.78 is 0. The van der Waals surface area contributed by atoms with E-state index in [0.29, 0.717) is 0 Å². The molecule has 0 saturated carbocycles. The molecule has 0 fully saturated rings. The van der Waals surface area contributed by atoms with E-state index < -0.39 is 6.04 Å². The quantitative estimate of drug-likeness (QED) is 0.803. The fraction of sp³-hybridized carbons (Fsp3) is 0.462. The van der Waals surface area contributed by atoms with Crippen LogP contribution in [0.15, 0.2) is 24.3 Å². The number of carbonyl (C=O) groups is 1. The highest BCUT2D eigenvalue weighted by Crippen LogP contribution is 2.29. The normalized spacial score (nSPS) is 13.3. The van der Waals surface area contributed by atoms with Crippen LogP contribution in [0.2, 0.25) is 0 Å². The van der Waals surface area contributed by atoms with Gasteiger partial charge in [0.15, 0.2) is 0 Å². The van der Waals surface area contributed by atoms with Crippen LogP contribution in [-0.2, 0) is 10.2 Å². The second kappa shape index (κ2) is 4.66. The zero-order valence-electron chi connectivity index (χ0n) is 10.4. The van der Waals surface area contributed by atoms with Crippen molar-refractivity contribution < 1.29 is 4.79 Å². The van der Waals surface area contributed by atoms with E-state index in [1.165, 1.54) is 0 Å². The molecule has 1 rings (SSSR count). The number of hydrogen-bond donors (Lipinski definition) is 2. The Morgan fingerprint density at radius 1 is 1.31 bits per heavy atom. The first-order chi connectivity index (χ1) is 7.32. The first kappa shape index (κ1) is 12.7. The number of para-hydroxylation sites is 1. The number of amides is 1. The molecule has 0 aliphatic rings. The largest absolute Gasteiger partial charge is 0.324 e. The van der Waals surface area contributed by atoms with Crippen LogP contribution in [0.3, 0.4) is 0 Å². The highest BCUT2D eigenvalue weighted by atomic mass is 16.2. The Balaban J connectivity index is 3.01. The summed E-state index contributed by atoms with van der Waals surface area (Å²) in [6, 6.07) is 7.32. The molecule has 0 aromatic heterocycles. The maximum Gasteiger partial charge on any atom is 0.241 e. The summed E-state index contributed by atoms with van der Waals surface area (Å²) in [6.45, 7) is 8.02. The minimum absolute atomic E-state index is 0.00170. The van der Waals surface area contributed by atoms with Crippen molar-refractivity contribution >= 4 is 11.6 Å². The van der Waals surface area contributed by atoms with Crippen LogP contribution in [-0.4, -0.2) is 11.9 Å². The Morgan fingerprint density at radius 2 is 1.88 bits per heavy atom. The van der Waals surface area contributed by atoms with E-state index in [2.05, 4.69) is 26.1 Å². The highest BCUT2D eigenvalue weighted by molar-refractivity contribution is 5.95. The summed E-state index contributed by atoms with van der Waals surface area (Å²) in [7, 11) is 0. The molecule has 16 heavy (non-hydrogen) atoms. The van der Waals surface area contributed by atoms with Crippen molar-refractivity contribution in [1.29, 1.82) is 0 Å². The zero-order chi connectivity index (χ0) is 12.3. The summed E-state index contributed by atoms with van der Waals surface area (Å²) in [5.41, 5.74) is 7.49. The van der Waals surface area contributed by atoms with Crippen molar-refractivity contribution in [1.82, 2.24) is 0 Å². The van der Waals surface area contributed by atoms with Gasteiger partial charge in [-0.3, -0.25) is 4.79 Å². The Morgan fingerprint density at radius 3 is 2.38 bits per heavy atom. The average molecular weight is 220 g/mol. The van der Waals surface area contributed by atoms with Gasteiger partial charge in [-0.05, 0) is 24.0 Å². The summed E-state index contributed by atoms with van der Waals surface area (Å²) in [4.78, 5) is 11.6. The van der Waals surface area contributed by atoms with Crippen molar-refractivity contribution in [2.24, 2.45) is 5.73 Å². The molecule has 0 saturated heterocycles. The summed E-state index contributed by atoms with van der Waals surface area (Å²) in [6.07, 6.45) is 0. The second-order valence-corrected chi connectivity index (χ2v) is 5.07. The van der Waals surface area contributed by atoms with Gasteiger partial charge in [-0.1, -0.05) is 39.0 Å². The van der Waals surface area contributed by atoms with Crippen LogP contribution in [0.25, 0.3) is 0 Å². The molecule has 0 bridgehead atoms. The predicted molar refractivity (Wildman–Crippen MR) is 67.4 cm³/mol. The predicted octanol–water partition coefficient (Wildman–Crippen LogP) is 2.27. The fourth-order valence-corrected chi connectivity index (χ4v) is 1.49. The molecule has 0 spiro atoms. The Kier molecular flexibility index (Phi) is 3.70. The van der Waals surface area contributed by atoms with E-state index in [1.54, 1.807) is 6.92 Å². The van der Waals surface area contributed by atoms with Gasteiger partial charge in [-0.2, -0.15) is 0 Å². The third-order valence-electron chi connectivity index (χ3n) is 2.41. The maximum atomic E-state index is 11.6. The van der Waals surface area contributed by atoms with Crippen LogP contribution in [0.4, 0.5) is 5.69 Å². The topological polar surface area (TPSA) is 55.1 Å². The average Bonchev–Trinajstić information content (AvgIpc) is 2.16. The molecule has 1 aromatic rings. The van der Waals surface area contributed by atoms with Crippen molar-refractivity contribution in [3.8, 4) is 0 Å². The summed E-state index contributed by atoms with van der Waals surface area (Å²) >= 11 is 0. The van der Waals surface area contributed by atoms with Crippen LogP contribution in [0.5, 0.6) is 0 Å².